The lowest BCUT2D eigenvalue weighted by molar-refractivity contribution is 0.0543. The van der Waals surface area contributed by atoms with Crippen molar-refractivity contribution in [1.82, 2.24) is 19.7 Å². The molecular formula is C16H19N5OS. The quantitative estimate of drug-likeness (QED) is 0.739. The number of rotatable bonds is 3. The first kappa shape index (κ1) is 14.6. The van der Waals surface area contributed by atoms with E-state index in [1.165, 1.54) is 0 Å². The van der Waals surface area contributed by atoms with Crippen LogP contribution < -0.4 is 4.90 Å². The van der Waals surface area contributed by atoms with E-state index in [9.17, 15) is 0 Å². The van der Waals surface area contributed by atoms with Crippen molar-refractivity contribution in [3.05, 3.63) is 35.7 Å². The molecule has 3 aromatic rings. The van der Waals surface area contributed by atoms with Gasteiger partial charge in [0.2, 0.25) is 0 Å². The molecule has 0 saturated carbocycles. The normalized spacial score (nSPS) is 19.2. The van der Waals surface area contributed by atoms with Crippen LogP contribution in [-0.4, -0.2) is 45.5 Å². The Kier molecular flexibility index (Phi) is 3.97. The average Bonchev–Trinajstić information content (AvgIpc) is 3.15. The molecule has 120 valence electrons. The van der Waals surface area contributed by atoms with Gasteiger partial charge in [0.05, 0.1) is 22.9 Å². The van der Waals surface area contributed by atoms with Crippen molar-refractivity contribution in [2.45, 2.75) is 26.0 Å². The molecule has 0 spiro atoms. The van der Waals surface area contributed by atoms with Gasteiger partial charge in [-0.15, -0.1) is 11.3 Å². The van der Waals surface area contributed by atoms with Crippen molar-refractivity contribution in [2.24, 2.45) is 0 Å². The third kappa shape index (κ3) is 3.07. The Hall–Kier alpha value is -1.99. The molecule has 1 saturated heterocycles. The number of thiophene rings is 1. The highest BCUT2D eigenvalue weighted by Gasteiger charge is 2.22. The molecule has 3 aromatic heterocycles. The van der Waals surface area contributed by atoms with E-state index in [1.54, 1.807) is 17.5 Å². The Labute approximate surface area is 138 Å². The summed E-state index contributed by atoms with van der Waals surface area (Å²) in [5.74, 6) is 1.86. The Morgan fingerprint density at radius 1 is 1.39 bits per heavy atom. The Balaban J connectivity index is 1.62. The number of hydrogen-bond donors (Lipinski definition) is 0. The van der Waals surface area contributed by atoms with Crippen molar-refractivity contribution in [1.29, 1.82) is 0 Å². The minimum atomic E-state index is 0.114. The Morgan fingerprint density at radius 3 is 3.22 bits per heavy atom. The first-order valence-electron chi connectivity index (χ1n) is 7.85. The lowest BCUT2D eigenvalue weighted by Crippen LogP contribution is -2.35. The maximum absolute atomic E-state index is 6.01. The van der Waals surface area contributed by atoms with Crippen molar-refractivity contribution >= 4 is 27.4 Å². The Bertz CT molecular complexity index is 785. The summed E-state index contributed by atoms with van der Waals surface area (Å²) in [5, 5.41) is 6.37. The summed E-state index contributed by atoms with van der Waals surface area (Å²) in [4.78, 5) is 11.6. The Morgan fingerprint density at radius 2 is 2.35 bits per heavy atom. The van der Waals surface area contributed by atoms with Gasteiger partial charge in [0.15, 0.2) is 0 Å². The minimum absolute atomic E-state index is 0.114. The lowest BCUT2D eigenvalue weighted by atomic mass is 10.3. The van der Waals surface area contributed by atoms with Gasteiger partial charge in [0.1, 0.15) is 11.6 Å². The highest BCUT2D eigenvalue weighted by atomic mass is 32.1. The van der Waals surface area contributed by atoms with Crippen LogP contribution >= 0.6 is 11.3 Å². The van der Waals surface area contributed by atoms with Crippen molar-refractivity contribution in [3.8, 4) is 0 Å². The third-order valence-corrected chi connectivity index (χ3v) is 4.90. The first-order valence-corrected chi connectivity index (χ1v) is 8.73. The van der Waals surface area contributed by atoms with Crippen molar-refractivity contribution in [3.63, 3.8) is 0 Å². The van der Waals surface area contributed by atoms with Gasteiger partial charge in [0, 0.05) is 32.1 Å². The van der Waals surface area contributed by atoms with Crippen LogP contribution in [-0.2, 0) is 11.3 Å². The summed E-state index contributed by atoms with van der Waals surface area (Å²) < 4.78 is 9.10. The number of nitrogens with zero attached hydrogens (tertiary/aromatic N) is 5. The summed E-state index contributed by atoms with van der Waals surface area (Å²) in [6, 6.07) is 4.01. The molecule has 23 heavy (non-hydrogen) atoms. The van der Waals surface area contributed by atoms with E-state index in [-0.39, 0.29) is 6.10 Å². The predicted molar refractivity (Wildman–Crippen MR) is 90.9 cm³/mol. The van der Waals surface area contributed by atoms with Gasteiger partial charge in [-0.1, -0.05) is 0 Å². The zero-order valence-electron chi connectivity index (χ0n) is 13.1. The largest absolute Gasteiger partial charge is 0.374 e. The topological polar surface area (TPSA) is 56.1 Å². The van der Waals surface area contributed by atoms with E-state index < -0.39 is 0 Å². The maximum Gasteiger partial charge on any atom is 0.150 e. The van der Waals surface area contributed by atoms with E-state index in [0.29, 0.717) is 0 Å². The van der Waals surface area contributed by atoms with Gasteiger partial charge in [-0.25, -0.2) is 9.97 Å². The number of fused-ring (bicyclic) bond motifs is 1. The second-order valence-electron chi connectivity index (χ2n) is 5.75. The van der Waals surface area contributed by atoms with E-state index in [1.807, 2.05) is 23.9 Å². The van der Waals surface area contributed by atoms with Gasteiger partial charge in [-0.3, -0.25) is 4.68 Å². The second-order valence-corrected chi connectivity index (χ2v) is 6.67. The fourth-order valence-corrected chi connectivity index (χ4v) is 3.84. The summed E-state index contributed by atoms with van der Waals surface area (Å²) in [7, 11) is 0. The number of anilines is 1. The van der Waals surface area contributed by atoms with E-state index >= 15 is 0 Å². The zero-order chi connectivity index (χ0) is 15.6. The average molecular weight is 329 g/mol. The van der Waals surface area contributed by atoms with Crippen molar-refractivity contribution in [2.75, 3.05) is 24.6 Å². The molecule has 1 fully saturated rings. The molecule has 1 aliphatic heterocycles. The molecule has 4 heterocycles. The maximum atomic E-state index is 6.01. The van der Waals surface area contributed by atoms with Crippen LogP contribution in [0.5, 0.6) is 0 Å². The molecule has 1 atom stereocenters. The fraction of sp³-hybridized carbons (Fsp3) is 0.438. The molecule has 0 aromatic carbocycles. The summed E-state index contributed by atoms with van der Waals surface area (Å²) in [6.07, 6.45) is 4.90. The van der Waals surface area contributed by atoms with Gasteiger partial charge in [0.25, 0.3) is 0 Å². The number of hydrogen-bond acceptors (Lipinski definition) is 6. The molecule has 0 unspecified atom stereocenters. The molecule has 6 nitrogen and oxygen atoms in total. The summed E-state index contributed by atoms with van der Waals surface area (Å²) in [5.41, 5.74) is 1.03. The zero-order valence-corrected chi connectivity index (χ0v) is 13.9. The van der Waals surface area contributed by atoms with Crippen LogP contribution in [0.15, 0.2) is 29.9 Å². The van der Waals surface area contributed by atoms with E-state index in [0.717, 1.165) is 54.5 Å². The molecule has 0 N–H and O–H groups in total. The smallest absolute Gasteiger partial charge is 0.150 e. The third-order valence-electron chi connectivity index (χ3n) is 4.00. The molecule has 0 aliphatic carbocycles. The fourth-order valence-electron chi connectivity index (χ4n) is 2.99. The number of ether oxygens (including phenoxy) is 1. The molecule has 0 amide bonds. The van der Waals surface area contributed by atoms with Crippen LogP contribution in [0.4, 0.5) is 5.82 Å². The number of aromatic nitrogens is 4. The molecule has 0 bridgehead atoms. The molecule has 4 rings (SSSR count). The minimum Gasteiger partial charge on any atom is -0.374 e. The van der Waals surface area contributed by atoms with Gasteiger partial charge >= 0.3 is 0 Å². The summed E-state index contributed by atoms with van der Waals surface area (Å²) >= 11 is 1.70. The van der Waals surface area contributed by atoms with Crippen LogP contribution in [0, 0.1) is 6.92 Å². The summed E-state index contributed by atoms with van der Waals surface area (Å²) in [6.45, 7) is 5.28. The van der Waals surface area contributed by atoms with Gasteiger partial charge < -0.3 is 9.64 Å². The highest BCUT2D eigenvalue weighted by molar-refractivity contribution is 7.17. The standard InChI is InChI=1S/C16H19N5OS/c1-12-18-14-4-9-23-15(14)16(19-12)20-6-3-8-22-13(10-20)11-21-7-2-5-17-21/h2,4-5,7,9,13H,3,6,8,10-11H2,1H3/t13-/m0/s1. The molecule has 0 radical (unpaired) electrons. The van der Waals surface area contributed by atoms with Crippen LogP contribution in [0.1, 0.15) is 12.2 Å². The van der Waals surface area contributed by atoms with Gasteiger partial charge in [-0.2, -0.15) is 5.10 Å². The monoisotopic (exact) mass is 329 g/mol. The van der Waals surface area contributed by atoms with Crippen LogP contribution in [0.25, 0.3) is 10.2 Å². The second kappa shape index (κ2) is 6.25. The first-order chi connectivity index (χ1) is 11.3. The van der Waals surface area contributed by atoms with E-state index in [2.05, 4.69) is 26.4 Å². The van der Waals surface area contributed by atoms with Gasteiger partial charge in [-0.05, 0) is 30.9 Å². The van der Waals surface area contributed by atoms with Crippen LogP contribution in [0.2, 0.25) is 0 Å². The molecule has 7 heteroatoms. The number of aryl methyl sites for hydroxylation is 1. The lowest BCUT2D eigenvalue weighted by Gasteiger charge is -2.25. The SMILES string of the molecule is Cc1nc(N2CCCO[C@H](Cn3cccn3)C2)c2sccc2n1. The van der Waals surface area contributed by atoms with Crippen LogP contribution in [0.3, 0.4) is 0 Å². The van der Waals surface area contributed by atoms with Crippen molar-refractivity contribution < 1.29 is 4.74 Å². The highest BCUT2D eigenvalue weighted by Crippen LogP contribution is 2.29. The molecule has 1 aliphatic rings. The van der Waals surface area contributed by atoms with E-state index in [4.69, 9.17) is 9.72 Å². The predicted octanol–water partition coefficient (Wildman–Crippen LogP) is 2.49. The molecular weight excluding hydrogens is 310 g/mol.